The van der Waals surface area contributed by atoms with Crippen LogP contribution in [0.3, 0.4) is 0 Å². The number of aromatic nitrogens is 1. The highest BCUT2D eigenvalue weighted by molar-refractivity contribution is 6.10. The molecule has 4 rings (SSSR count). The van der Waals surface area contributed by atoms with Crippen molar-refractivity contribution in [2.24, 2.45) is 0 Å². The minimum absolute atomic E-state index is 0.0600. The van der Waals surface area contributed by atoms with E-state index in [0.29, 0.717) is 41.5 Å². The first-order chi connectivity index (χ1) is 17.4. The normalized spacial score (nSPS) is 14.0. The number of fused-ring (bicyclic) bond motifs is 1. The molecule has 0 saturated heterocycles. The number of rotatable bonds is 5. The van der Waals surface area contributed by atoms with Crippen LogP contribution in [0.25, 0.3) is 0 Å². The Balaban J connectivity index is 1.85. The van der Waals surface area contributed by atoms with Crippen LogP contribution in [0.15, 0.2) is 67.0 Å². The zero-order valence-corrected chi connectivity index (χ0v) is 22.4. The number of carbonyl (C=O) groups excluding carboxylic acids is 2. The van der Waals surface area contributed by atoms with E-state index in [4.69, 9.17) is 9.47 Å². The minimum Gasteiger partial charge on any atom is -0.486 e. The molecule has 194 valence electrons. The number of nitrogens with one attached hydrogen (secondary N) is 1. The lowest BCUT2D eigenvalue weighted by Gasteiger charge is -2.34. The van der Waals surface area contributed by atoms with Crippen molar-refractivity contribution < 1.29 is 19.1 Å². The first-order valence-electron chi connectivity index (χ1n) is 12.5. The Hall–Kier alpha value is -3.87. The number of pyridine rings is 1. The van der Waals surface area contributed by atoms with Gasteiger partial charge in [0.1, 0.15) is 19.3 Å². The fraction of sp³-hybridized carbons (Fsp3) is 0.367. The second-order valence-electron chi connectivity index (χ2n) is 11.3. The summed E-state index contributed by atoms with van der Waals surface area (Å²) in [5, 5.41) is 3.05. The summed E-state index contributed by atoms with van der Waals surface area (Å²) in [6, 6.07) is 15.5. The number of hydrogen-bond donors (Lipinski definition) is 1. The highest BCUT2D eigenvalue weighted by Crippen LogP contribution is 2.35. The Morgan fingerprint density at radius 1 is 0.919 bits per heavy atom. The van der Waals surface area contributed by atoms with Gasteiger partial charge in [0.05, 0.1) is 0 Å². The number of hydrogen-bond acceptors (Lipinski definition) is 5. The van der Waals surface area contributed by atoms with E-state index in [2.05, 4.69) is 31.1 Å². The molecule has 0 bridgehead atoms. The third-order valence-electron chi connectivity index (χ3n) is 6.02. The van der Waals surface area contributed by atoms with Crippen LogP contribution in [0, 0.1) is 0 Å². The van der Waals surface area contributed by atoms with Crippen LogP contribution in [-0.2, 0) is 10.2 Å². The van der Waals surface area contributed by atoms with E-state index in [-0.39, 0.29) is 17.2 Å². The monoisotopic (exact) mass is 501 g/mol. The molecule has 1 aliphatic heterocycles. The molecule has 2 aromatic carbocycles. The van der Waals surface area contributed by atoms with Gasteiger partial charge in [0.25, 0.3) is 5.91 Å². The minimum atomic E-state index is -0.950. The van der Waals surface area contributed by atoms with Gasteiger partial charge in [-0.25, -0.2) is 0 Å². The maximum absolute atomic E-state index is 14.2. The van der Waals surface area contributed by atoms with Crippen LogP contribution in [0.1, 0.15) is 69.1 Å². The molecule has 0 fully saturated rings. The van der Waals surface area contributed by atoms with Gasteiger partial charge in [-0.3, -0.25) is 19.5 Å². The van der Waals surface area contributed by atoms with Crippen LogP contribution < -0.4 is 19.7 Å². The maximum Gasteiger partial charge on any atom is 0.259 e. The summed E-state index contributed by atoms with van der Waals surface area (Å²) in [6.07, 6.45) is 3.27. The van der Waals surface area contributed by atoms with E-state index in [1.54, 1.807) is 36.7 Å². The van der Waals surface area contributed by atoms with E-state index in [1.165, 1.54) is 4.90 Å². The quantitative estimate of drug-likeness (QED) is 0.503. The molecule has 37 heavy (non-hydrogen) atoms. The van der Waals surface area contributed by atoms with Gasteiger partial charge in [0.15, 0.2) is 11.5 Å². The van der Waals surface area contributed by atoms with Crippen molar-refractivity contribution in [2.45, 2.75) is 58.5 Å². The second-order valence-corrected chi connectivity index (χ2v) is 11.3. The molecular formula is C30H35N3O4. The molecule has 0 aliphatic carbocycles. The van der Waals surface area contributed by atoms with Gasteiger partial charge in [-0.05, 0) is 68.1 Å². The summed E-state index contributed by atoms with van der Waals surface area (Å²) < 4.78 is 11.4. The number of ether oxygens (including phenoxy) is 2. The van der Waals surface area contributed by atoms with E-state index < -0.39 is 11.6 Å². The van der Waals surface area contributed by atoms with Crippen molar-refractivity contribution in [3.8, 4) is 11.5 Å². The molecule has 1 atom stereocenters. The van der Waals surface area contributed by atoms with Gasteiger partial charge in [0, 0.05) is 34.7 Å². The number of benzene rings is 2. The summed E-state index contributed by atoms with van der Waals surface area (Å²) in [6.45, 7) is 13.0. The molecule has 2 heterocycles. The average Bonchev–Trinajstić information content (AvgIpc) is 2.85. The molecule has 0 saturated carbocycles. The Morgan fingerprint density at radius 2 is 1.59 bits per heavy atom. The molecule has 7 nitrogen and oxygen atoms in total. The first-order valence-corrected chi connectivity index (χ1v) is 12.5. The molecule has 1 unspecified atom stereocenters. The van der Waals surface area contributed by atoms with Crippen molar-refractivity contribution in [2.75, 3.05) is 18.1 Å². The lowest BCUT2D eigenvalue weighted by atomic mass is 9.87. The zero-order valence-electron chi connectivity index (χ0n) is 22.4. The Labute approximate surface area is 218 Å². The summed E-state index contributed by atoms with van der Waals surface area (Å²) in [5.41, 5.74) is 2.16. The number of carbonyl (C=O) groups is 2. The first kappa shape index (κ1) is 26.2. The SMILES string of the molecule is CC(C)(C)NC(=O)C(c1cccnc1)N(C(=O)c1ccc2c(c1)OCCO2)c1ccc(C(C)(C)C)cc1. The summed E-state index contributed by atoms with van der Waals surface area (Å²) in [7, 11) is 0. The topological polar surface area (TPSA) is 80.8 Å². The van der Waals surface area contributed by atoms with Crippen LogP contribution in [0.5, 0.6) is 11.5 Å². The molecule has 0 radical (unpaired) electrons. The third-order valence-corrected chi connectivity index (χ3v) is 6.02. The predicted octanol–water partition coefficient (Wildman–Crippen LogP) is 5.45. The van der Waals surface area contributed by atoms with Crippen molar-refractivity contribution in [1.29, 1.82) is 0 Å². The van der Waals surface area contributed by atoms with E-state index >= 15 is 0 Å². The van der Waals surface area contributed by atoms with Crippen molar-refractivity contribution in [3.63, 3.8) is 0 Å². The van der Waals surface area contributed by atoms with Gasteiger partial charge in [-0.1, -0.05) is 39.0 Å². The molecule has 2 amide bonds. The lowest BCUT2D eigenvalue weighted by Crippen LogP contribution is -2.49. The average molecular weight is 502 g/mol. The van der Waals surface area contributed by atoms with E-state index in [9.17, 15) is 9.59 Å². The second kappa shape index (κ2) is 10.2. The van der Waals surface area contributed by atoms with Gasteiger partial charge < -0.3 is 14.8 Å². The molecule has 1 aromatic heterocycles. The smallest absolute Gasteiger partial charge is 0.259 e. The number of nitrogens with zero attached hydrogens (tertiary/aromatic N) is 2. The van der Waals surface area contributed by atoms with Crippen molar-refractivity contribution >= 4 is 17.5 Å². The fourth-order valence-corrected chi connectivity index (χ4v) is 4.21. The summed E-state index contributed by atoms with van der Waals surface area (Å²) in [4.78, 5) is 33.8. The molecule has 1 aliphatic rings. The Kier molecular flexibility index (Phi) is 7.25. The highest BCUT2D eigenvalue weighted by Gasteiger charge is 2.35. The third kappa shape index (κ3) is 6.10. The van der Waals surface area contributed by atoms with Gasteiger partial charge in [0.2, 0.25) is 5.91 Å². The number of amides is 2. The molecule has 1 N–H and O–H groups in total. The standard InChI is InChI=1S/C30H35N3O4/c1-29(2,3)22-10-12-23(13-11-22)33(28(35)20-9-14-24-25(18-20)37-17-16-36-24)26(21-8-7-15-31-19-21)27(34)32-30(4,5)6/h7-15,18-19,26H,16-17H2,1-6H3,(H,32,34). The molecular weight excluding hydrogens is 466 g/mol. The van der Waals surface area contributed by atoms with Crippen LogP contribution >= 0.6 is 0 Å². The number of anilines is 1. The molecule has 7 heteroatoms. The maximum atomic E-state index is 14.2. The molecule has 0 spiro atoms. The Morgan fingerprint density at radius 3 is 2.19 bits per heavy atom. The van der Waals surface area contributed by atoms with E-state index in [1.807, 2.05) is 51.1 Å². The van der Waals surface area contributed by atoms with Crippen molar-refractivity contribution in [3.05, 3.63) is 83.7 Å². The highest BCUT2D eigenvalue weighted by atomic mass is 16.6. The fourth-order valence-electron chi connectivity index (χ4n) is 4.21. The van der Waals surface area contributed by atoms with Crippen LogP contribution in [0.4, 0.5) is 5.69 Å². The summed E-state index contributed by atoms with van der Waals surface area (Å²) in [5.74, 6) is 0.472. The zero-order chi connectivity index (χ0) is 26.8. The summed E-state index contributed by atoms with van der Waals surface area (Å²) >= 11 is 0. The molecule has 3 aromatic rings. The largest absolute Gasteiger partial charge is 0.486 e. The van der Waals surface area contributed by atoms with Gasteiger partial charge in [-0.15, -0.1) is 0 Å². The van der Waals surface area contributed by atoms with Gasteiger partial charge >= 0.3 is 0 Å². The van der Waals surface area contributed by atoms with Crippen LogP contribution in [-0.4, -0.2) is 35.6 Å². The van der Waals surface area contributed by atoms with Crippen LogP contribution in [0.2, 0.25) is 0 Å². The lowest BCUT2D eigenvalue weighted by molar-refractivity contribution is -0.123. The van der Waals surface area contributed by atoms with Gasteiger partial charge in [-0.2, -0.15) is 0 Å². The van der Waals surface area contributed by atoms with E-state index in [0.717, 1.165) is 5.56 Å². The predicted molar refractivity (Wildman–Crippen MR) is 144 cm³/mol. The Bertz CT molecular complexity index is 1260. The van der Waals surface area contributed by atoms with Crippen molar-refractivity contribution in [1.82, 2.24) is 10.3 Å².